The third-order valence-electron chi connectivity index (χ3n) is 4.89. The molecule has 0 spiro atoms. The van der Waals surface area contributed by atoms with E-state index in [1.54, 1.807) is 56.5 Å². The fraction of sp³-hybridized carbons (Fsp3) is 0.391. The highest BCUT2D eigenvalue weighted by Gasteiger charge is 2.30. The van der Waals surface area contributed by atoms with Gasteiger partial charge < -0.3 is 15.0 Å². The lowest BCUT2D eigenvalue weighted by Gasteiger charge is -2.32. The van der Waals surface area contributed by atoms with Gasteiger partial charge in [-0.05, 0) is 56.7 Å². The molecule has 0 aromatic heterocycles. The van der Waals surface area contributed by atoms with E-state index in [1.165, 1.54) is 11.0 Å². The van der Waals surface area contributed by atoms with Crippen molar-refractivity contribution in [3.05, 3.63) is 59.1 Å². The van der Waals surface area contributed by atoms with Crippen molar-refractivity contribution >= 4 is 39.1 Å². The van der Waals surface area contributed by atoms with Gasteiger partial charge in [-0.1, -0.05) is 29.8 Å². The highest BCUT2D eigenvalue weighted by Crippen LogP contribution is 2.23. The molecule has 2 aromatic carbocycles. The predicted molar refractivity (Wildman–Crippen MR) is 130 cm³/mol. The summed E-state index contributed by atoms with van der Waals surface area (Å²) in [5.74, 6) is -0.199. The molecule has 180 valence electrons. The molecule has 2 rings (SSSR count). The minimum Gasteiger partial charge on any atom is -0.497 e. The molecule has 0 radical (unpaired) electrons. The van der Waals surface area contributed by atoms with Crippen LogP contribution in [0.3, 0.4) is 0 Å². The average Bonchev–Trinajstić information content (AvgIpc) is 2.74. The molecule has 0 saturated heterocycles. The Kier molecular flexibility index (Phi) is 9.13. The third-order valence-corrected chi connectivity index (χ3v) is 6.26. The Morgan fingerprint density at radius 3 is 2.24 bits per heavy atom. The van der Waals surface area contributed by atoms with E-state index in [1.807, 2.05) is 13.8 Å². The fourth-order valence-corrected chi connectivity index (χ4v) is 4.19. The van der Waals surface area contributed by atoms with Gasteiger partial charge in [-0.15, -0.1) is 0 Å². The smallest absolute Gasteiger partial charge is 0.244 e. The van der Waals surface area contributed by atoms with Gasteiger partial charge in [0.1, 0.15) is 18.3 Å². The quantitative estimate of drug-likeness (QED) is 0.546. The first-order valence-electron chi connectivity index (χ1n) is 10.4. The SMILES string of the molecule is COc1ccc(CN(C(=O)CN(c2cccc(Cl)c2)S(C)(=O)=O)[C@H](C)C(=O)NC(C)C)cc1. The molecule has 2 amide bonds. The molecular formula is C23H30ClN3O5S. The van der Waals surface area contributed by atoms with Crippen LogP contribution in [0.4, 0.5) is 5.69 Å². The van der Waals surface area contributed by atoms with Crippen LogP contribution in [0.1, 0.15) is 26.3 Å². The third kappa shape index (κ3) is 7.64. The molecule has 0 aliphatic rings. The van der Waals surface area contributed by atoms with Gasteiger partial charge in [0.05, 0.1) is 19.1 Å². The van der Waals surface area contributed by atoms with E-state index in [0.29, 0.717) is 10.8 Å². The van der Waals surface area contributed by atoms with E-state index in [9.17, 15) is 18.0 Å². The summed E-state index contributed by atoms with van der Waals surface area (Å²) >= 11 is 6.03. The minimum absolute atomic E-state index is 0.114. The van der Waals surface area contributed by atoms with E-state index in [4.69, 9.17) is 16.3 Å². The first kappa shape index (κ1) is 26.5. The summed E-state index contributed by atoms with van der Waals surface area (Å²) in [6, 6.07) is 12.4. The number of anilines is 1. The fourth-order valence-electron chi connectivity index (χ4n) is 3.16. The minimum atomic E-state index is -3.80. The van der Waals surface area contributed by atoms with Gasteiger partial charge in [0.15, 0.2) is 0 Å². The van der Waals surface area contributed by atoms with Gasteiger partial charge in [0, 0.05) is 17.6 Å². The lowest BCUT2D eigenvalue weighted by Crippen LogP contribution is -2.52. The predicted octanol–water partition coefficient (Wildman–Crippen LogP) is 3.06. The van der Waals surface area contributed by atoms with Crippen LogP contribution in [0, 0.1) is 0 Å². The summed E-state index contributed by atoms with van der Waals surface area (Å²) in [6.07, 6.45) is 1.02. The van der Waals surface area contributed by atoms with Gasteiger partial charge in [0.25, 0.3) is 0 Å². The van der Waals surface area contributed by atoms with Crippen molar-refractivity contribution in [2.75, 3.05) is 24.2 Å². The average molecular weight is 496 g/mol. The Morgan fingerprint density at radius 2 is 1.73 bits per heavy atom. The van der Waals surface area contributed by atoms with Crippen LogP contribution in [0.25, 0.3) is 0 Å². The number of hydrogen-bond donors (Lipinski definition) is 1. The number of hydrogen-bond acceptors (Lipinski definition) is 5. The Bertz CT molecular complexity index is 1070. The van der Waals surface area contributed by atoms with Crippen LogP contribution in [-0.2, 0) is 26.2 Å². The van der Waals surface area contributed by atoms with Gasteiger partial charge in [-0.2, -0.15) is 0 Å². The maximum atomic E-state index is 13.4. The normalized spacial score (nSPS) is 12.2. The van der Waals surface area contributed by atoms with E-state index in [-0.39, 0.29) is 24.2 Å². The van der Waals surface area contributed by atoms with Crippen molar-refractivity contribution in [2.24, 2.45) is 0 Å². The Labute approximate surface area is 200 Å². The molecule has 8 nitrogen and oxygen atoms in total. The molecule has 33 heavy (non-hydrogen) atoms. The van der Waals surface area contributed by atoms with Crippen molar-refractivity contribution in [3.8, 4) is 5.75 Å². The second kappa shape index (κ2) is 11.4. The molecule has 0 aliphatic carbocycles. The molecule has 0 heterocycles. The molecule has 10 heteroatoms. The van der Waals surface area contributed by atoms with Gasteiger partial charge >= 0.3 is 0 Å². The van der Waals surface area contributed by atoms with Gasteiger partial charge in [0.2, 0.25) is 21.8 Å². The first-order valence-corrected chi connectivity index (χ1v) is 12.6. The van der Waals surface area contributed by atoms with Crippen LogP contribution in [0.15, 0.2) is 48.5 Å². The van der Waals surface area contributed by atoms with Gasteiger partial charge in [-0.3, -0.25) is 13.9 Å². The number of carbonyl (C=O) groups is 2. The standard InChI is InChI=1S/C23H30ClN3O5S/c1-16(2)25-23(29)17(3)26(14-18-9-11-21(32-4)12-10-18)22(28)15-27(33(5,30)31)20-8-6-7-19(24)13-20/h6-13,16-17H,14-15H2,1-5H3,(H,25,29)/t17-/m1/s1. The maximum Gasteiger partial charge on any atom is 0.244 e. The largest absolute Gasteiger partial charge is 0.497 e. The summed E-state index contributed by atoms with van der Waals surface area (Å²) in [4.78, 5) is 27.5. The van der Waals surface area contributed by atoms with Crippen molar-refractivity contribution in [2.45, 2.75) is 39.4 Å². The summed E-state index contributed by atoms with van der Waals surface area (Å²) in [5, 5.41) is 3.14. The zero-order valence-electron chi connectivity index (χ0n) is 19.4. The van der Waals surface area contributed by atoms with Crippen molar-refractivity contribution < 1.29 is 22.7 Å². The Balaban J connectivity index is 2.38. The van der Waals surface area contributed by atoms with Crippen LogP contribution < -0.4 is 14.4 Å². The highest BCUT2D eigenvalue weighted by molar-refractivity contribution is 7.92. The topological polar surface area (TPSA) is 96.0 Å². The number of carbonyl (C=O) groups excluding carboxylic acids is 2. The highest BCUT2D eigenvalue weighted by atomic mass is 35.5. The number of sulfonamides is 1. The number of methoxy groups -OCH3 is 1. The molecule has 0 unspecified atom stereocenters. The van der Waals surface area contributed by atoms with E-state index in [0.717, 1.165) is 16.1 Å². The van der Waals surface area contributed by atoms with Gasteiger partial charge in [-0.25, -0.2) is 8.42 Å². The van der Waals surface area contributed by atoms with Crippen LogP contribution in [0.2, 0.25) is 5.02 Å². The number of nitrogens with one attached hydrogen (secondary N) is 1. The Morgan fingerprint density at radius 1 is 1.09 bits per heavy atom. The van der Waals surface area contributed by atoms with E-state index < -0.39 is 28.5 Å². The number of nitrogens with zero attached hydrogens (tertiary/aromatic N) is 2. The monoisotopic (exact) mass is 495 g/mol. The molecule has 1 atom stereocenters. The molecular weight excluding hydrogens is 466 g/mol. The summed E-state index contributed by atoms with van der Waals surface area (Å²) in [6.45, 7) is 4.90. The zero-order chi connectivity index (χ0) is 24.8. The molecule has 0 aliphatic heterocycles. The molecule has 0 fully saturated rings. The molecule has 2 aromatic rings. The zero-order valence-corrected chi connectivity index (χ0v) is 21.0. The lowest BCUT2D eigenvalue weighted by molar-refractivity contribution is -0.139. The second-order valence-corrected chi connectivity index (χ2v) is 10.3. The molecule has 0 bridgehead atoms. The lowest BCUT2D eigenvalue weighted by atomic mass is 10.1. The maximum absolute atomic E-state index is 13.4. The van der Waals surface area contributed by atoms with Crippen LogP contribution in [-0.4, -0.2) is 57.1 Å². The summed E-state index contributed by atoms with van der Waals surface area (Å²) < 4.78 is 31.1. The second-order valence-electron chi connectivity index (χ2n) is 7.96. The number of halogens is 1. The van der Waals surface area contributed by atoms with Crippen LogP contribution >= 0.6 is 11.6 Å². The molecule has 0 saturated carbocycles. The van der Waals surface area contributed by atoms with Crippen LogP contribution in [0.5, 0.6) is 5.75 Å². The van der Waals surface area contributed by atoms with E-state index >= 15 is 0 Å². The van der Waals surface area contributed by atoms with Crippen molar-refractivity contribution in [1.29, 1.82) is 0 Å². The van der Waals surface area contributed by atoms with Crippen molar-refractivity contribution in [3.63, 3.8) is 0 Å². The Hall–Kier alpha value is -2.78. The number of benzene rings is 2. The van der Waals surface area contributed by atoms with E-state index in [2.05, 4.69) is 5.32 Å². The molecule has 1 N–H and O–H groups in total. The first-order chi connectivity index (χ1) is 15.4. The number of ether oxygens (including phenoxy) is 1. The number of rotatable bonds is 10. The van der Waals surface area contributed by atoms with Crippen molar-refractivity contribution in [1.82, 2.24) is 10.2 Å². The summed E-state index contributed by atoms with van der Waals surface area (Å²) in [5.41, 5.74) is 1.03. The number of amides is 2. The summed E-state index contributed by atoms with van der Waals surface area (Å²) in [7, 11) is -2.25.